The molecule has 3 aromatic carbocycles. The maximum Gasteiger partial charge on any atom is 0.494 e. The van der Waals surface area contributed by atoms with Gasteiger partial charge in [0.1, 0.15) is 11.4 Å². The third kappa shape index (κ3) is 3.93. The van der Waals surface area contributed by atoms with Gasteiger partial charge >= 0.3 is 7.12 Å². The van der Waals surface area contributed by atoms with Crippen molar-refractivity contribution < 1.29 is 14.0 Å². The van der Waals surface area contributed by atoms with Crippen molar-refractivity contribution in [1.29, 1.82) is 0 Å². The molecule has 1 aliphatic carbocycles. The Hall–Kier alpha value is -3.42. The van der Waals surface area contributed by atoms with Gasteiger partial charge < -0.3 is 14.0 Å². The molecule has 7 heteroatoms. The Kier molecular flexibility index (Phi) is 5.32. The van der Waals surface area contributed by atoms with Crippen molar-refractivity contribution >= 4 is 12.6 Å². The lowest BCUT2D eigenvalue weighted by Crippen LogP contribution is -2.41. The van der Waals surface area contributed by atoms with E-state index in [4.69, 9.17) is 19.1 Å². The molecule has 1 saturated heterocycles. The van der Waals surface area contributed by atoms with Crippen LogP contribution in [-0.2, 0) is 22.3 Å². The Balaban J connectivity index is 1.21. The number of nitrogens with zero attached hydrogens (tertiary/aromatic N) is 3. The number of benzene rings is 3. The van der Waals surface area contributed by atoms with Gasteiger partial charge in [-0.3, -0.25) is 0 Å². The summed E-state index contributed by atoms with van der Waals surface area (Å²) in [6.07, 6.45) is 2.72. The number of rotatable bonds is 5. The molecule has 2 aliphatic rings. The molecule has 182 valence electrons. The third-order valence-corrected chi connectivity index (χ3v) is 7.75. The summed E-state index contributed by atoms with van der Waals surface area (Å²) >= 11 is 0. The predicted octanol–water partition coefficient (Wildman–Crippen LogP) is 4.87. The highest BCUT2D eigenvalue weighted by atomic mass is 16.7. The molecule has 0 bridgehead atoms. The van der Waals surface area contributed by atoms with Gasteiger partial charge in [-0.15, -0.1) is 0 Å². The fraction of sp³-hybridized carbons (Fsp3) is 0.310. The van der Waals surface area contributed by atoms with Gasteiger partial charge in [-0.25, -0.2) is 0 Å². The average molecular weight is 479 g/mol. The van der Waals surface area contributed by atoms with Crippen molar-refractivity contribution in [2.24, 2.45) is 0 Å². The van der Waals surface area contributed by atoms with Crippen molar-refractivity contribution in [2.75, 3.05) is 7.11 Å². The molecule has 0 radical (unpaired) electrons. The zero-order valence-corrected chi connectivity index (χ0v) is 21.4. The second-order valence-electron chi connectivity index (χ2n) is 10.7. The molecule has 0 saturated carbocycles. The molecular weight excluding hydrogens is 449 g/mol. The molecule has 4 aromatic rings. The molecule has 0 unspecified atom stereocenters. The van der Waals surface area contributed by atoms with Crippen LogP contribution in [0, 0.1) is 0 Å². The van der Waals surface area contributed by atoms with Gasteiger partial charge in [0.05, 0.1) is 31.1 Å². The van der Waals surface area contributed by atoms with E-state index < -0.39 is 0 Å². The molecule has 1 aliphatic heterocycles. The summed E-state index contributed by atoms with van der Waals surface area (Å²) in [6.45, 7) is 8.97. The van der Waals surface area contributed by atoms with Crippen LogP contribution >= 0.6 is 0 Å². The molecule has 0 amide bonds. The summed E-state index contributed by atoms with van der Waals surface area (Å²) in [7, 11) is 1.32. The van der Waals surface area contributed by atoms with Gasteiger partial charge in [0, 0.05) is 5.56 Å². The van der Waals surface area contributed by atoms with Crippen LogP contribution < -0.4 is 10.2 Å². The number of ether oxygens (including phenoxy) is 1. The fourth-order valence-corrected chi connectivity index (χ4v) is 4.92. The third-order valence-electron chi connectivity index (χ3n) is 7.75. The molecule has 2 heterocycles. The second kappa shape index (κ2) is 8.32. The number of hydrogen-bond donors (Lipinski definition) is 0. The van der Waals surface area contributed by atoms with Gasteiger partial charge in [0.15, 0.2) is 0 Å². The van der Waals surface area contributed by atoms with Crippen LogP contribution in [0.3, 0.4) is 0 Å². The van der Waals surface area contributed by atoms with Gasteiger partial charge in [-0.1, -0.05) is 42.5 Å². The van der Waals surface area contributed by atoms with Crippen LogP contribution in [-0.4, -0.2) is 40.4 Å². The summed E-state index contributed by atoms with van der Waals surface area (Å²) in [4.78, 5) is 1.73. The number of fused-ring (bicyclic) bond motifs is 3. The van der Waals surface area contributed by atoms with Crippen LogP contribution in [0.4, 0.5) is 0 Å². The van der Waals surface area contributed by atoms with E-state index in [0.717, 1.165) is 34.5 Å². The van der Waals surface area contributed by atoms with Crippen molar-refractivity contribution in [1.82, 2.24) is 15.0 Å². The van der Waals surface area contributed by atoms with Crippen molar-refractivity contribution in [2.45, 2.75) is 51.9 Å². The van der Waals surface area contributed by atoms with Crippen molar-refractivity contribution in [3.05, 3.63) is 83.6 Å². The molecule has 0 spiro atoms. The minimum absolute atomic E-state index is 0.347. The van der Waals surface area contributed by atoms with Gasteiger partial charge in [0.25, 0.3) is 0 Å². The monoisotopic (exact) mass is 479 g/mol. The Labute approximate surface area is 212 Å². The fourth-order valence-electron chi connectivity index (χ4n) is 4.92. The maximum absolute atomic E-state index is 6.27. The highest BCUT2D eigenvalue weighted by Gasteiger charge is 2.51. The van der Waals surface area contributed by atoms with E-state index in [-0.39, 0.29) is 18.3 Å². The number of methoxy groups -OCH3 is 1. The second-order valence-corrected chi connectivity index (χ2v) is 10.7. The highest BCUT2D eigenvalue weighted by molar-refractivity contribution is 6.62. The van der Waals surface area contributed by atoms with Crippen LogP contribution in [0.2, 0.25) is 0 Å². The predicted molar refractivity (Wildman–Crippen MR) is 142 cm³/mol. The normalized spacial score (nSPS) is 17.2. The quantitative estimate of drug-likeness (QED) is 0.337. The van der Waals surface area contributed by atoms with E-state index >= 15 is 0 Å². The molecular formula is C29H30BN3O3. The Bertz CT molecular complexity index is 1430. The van der Waals surface area contributed by atoms with Gasteiger partial charge in [0.2, 0.25) is 0 Å². The Morgan fingerprint density at radius 1 is 0.889 bits per heavy atom. The summed E-state index contributed by atoms with van der Waals surface area (Å²) in [5, 5.41) is 9.22. The lowest BCUT2D eigenvalue weighted by molar-refractivity contribution is 0.00578. The summed E-state index contributed by atoms with van der Waals surface area (Å²) in [5.41, 5.74) is 8.62. The van der Waals surface area contributed by atoms with E-state index in [2.05, 4.69) is 69.2 Å². The van der Waals surface area contributed by atoms with E-state index in [1.165, 1.54) is 22.3 Å². The zero-order chi connectivity index (χ0) is 25.1. The lowest BCUT2D eigenvalue weighted by atomic mass is 9.78. The van der Waals surface area contributed by atoms with E-state index in [1.54, 1.807) is 11.9 Å². The lowest BCUT2D eigenvalue weighted by Gasteiger charge is -2.32. The molecule has 1 fully saturated rings. The van der Waals surface area contributed by atoms with Crippen LogP contribution in [0.1, 0.15) is 44.4 Å². The van der Waals surface area contributed by atoms with Gasteiger partial charge in [-0.05, 0) is 85.6 Å². The van der Waals surface area contributed by atoms with E-state index in [0.29, 0.717) is 6.54 Å². The Morgan fingerprint density at radius 3 is 2.25 bits per heavy atom. The minimum Gasteiger partial charge on any atom is -0.497 e. The van der Waals surface area contributed by atoms with Crippen molar-refractivity contribution in [3.63, 3.8) is 0 Å². The first-order valence-corrected chi connectivity index (χ1v) is 12.4. The van der Waals surface area contributed by atoms with Crippen molar-refractivity contribution in [3.8, 4) is 28.1 Å². The standard InChI is InChI=1S/C29H30BN3O3/c1-28(2)29(3,4)36-30(35-28)23-9-13-26-22(16-23)15-21-14-20(8-12-25(21)26)27-17-31-33(32-27)18-19-6-10-24(34-5)11-7-19/h6-14,16-17H,15,18H2,1-5H3. The zero-order valence-electron chi connectivity index (χ0n) is 21.4. The SMILES string of the molecule is COc1ccc(Cn2ncc(-c3ccc4c(c3)Cc3cc(B5OC(C)(C)C(C)(C)O5)ccc3-4)n2)cc1. The van der Waals surface area contributed by atoms with Crippen LogP contribution in [0.15, 0.2) is 66.9 Å². The molecule has 0 N–H and O–H groups in total. The van der Waals surface area contributed by atoms with Crippen LogP contribution in [0.25, 0.3) is 22.4 Å². The number of hydrogen-bond acceptors (Lipinski definition) is 5. The average Bonchev–Trinajstić information content (AvgIpc) is 3.52. The Morgan fingerprint density at radius 2 is 1.56 bits per heavy atom. The first-order chi connectivity index (χ1) is 17.2. The molecule has 36 heavy (non-hydrogen) atoms. The molecule has 6 nitrogen and oxygen atoms in total. The summed E-state index contributed by atoms with van der Waals surface area (Å²) < 4.78 is 17.8. The maximum atomic E-state index is 6.27. The minimum atomic E-state index is -0.348. The highest BCUT2D eigenvalue weighted by Crippen LogP contribution is 2.40. The topological polar surface area (TPSA) is 58.4 Å². The molecule has 0 atom stereocenters. The number of aromatic nitrogens is 3. The van der Waals surface area contributed by atoms with E-state index in [1.807, 2.05) is 30.5 Å². The summed E-state index contributed by atoms with van der Waals surface area (Å²) in [5.74, 6) is 0.843. The smallest absolute Gasteiger partial charge is 0.494 e. The van der Waals surface area contributed by atoms with Crippen LogP contribution in [0.5, 0.6) is 5.75 Å². The molecule has 1 aromatic heterocycles. The van der Waals surface area contributed by atoms with E-state index in [9.17, 15) is 0 Å². The van der Waals surface area contributed by atoms with Gasteiger partial charge in [-0.2, -0.15) is 15.0 Å². The summed E-state index contributed by atoms with van der Waals surface area (Å²) in [6, 6.07) is 21.1. The first kappa shape index (κ1) is 23.0. The largest absolute Gasteiger partial charge is 0.497 e. The molecule has 6 rings (SSSR count). The first-order valence-electron chi connectivity index (χ1n) is 12.4.